The average molecular weight is 378 g/mol. The lowest BCUT2D eigenvalue weighted by atomic mass is 10.1. The van der Waals surface area contributed by atoms with Crippen LogP contribution in [0.15, 0.2) is 29.4 Å². The van der Waals surface area contributed by atoms with Gasteiger partial charge in [0, 0.05) is 25.4 Å². The Bertz CT molecular complexity index is 730. The van der Waals surface area contributed by atoms with E-state index in [1.54, 1.807) is 17.8 Å². The number of hydrogen-bond acceptors (Lipinski definition) is 6. The number of aromatic nitrogens is 3. The van der Waals surface area contributed by atoms with Crippen molar-refractivity contribution in [2.45, 2.75) is 30.5 Å². The molecule has 0 bridgehead atoms. The minimum atomic E-state index is -0.268. The Hall–Kier alpha value is -1.64. The minimum Gasteiger partial charge on any atom is -0.378 e. The molecule has 0 radical (unpaired) electrons. The summed E-state index contributed by atoms with van der Waals surface area (Å²) in [6.07, 6.45) is 3.68. The summed E-state index contributed by atoms with van der Waals surface area (Å²) in [6, 6.07) is 6.57. The van der Waals surface area contributed by atoms with Crippen LogP contribution in [0.4, 0.5) is 10.3 Å². The Labute approximate surface area is 156 Å². The van der Waals surface area contributed by atoms with Crippen molar-refractivity contribution >= 4 is 17.7 Å². The molecule has 0 N–H and O–H groups in total. The first kappa shape index (κ1) is 17.8. The van der Waals surface area contributed by atoms with Gasteiger partial charge in [-0.05, 0) is 37.5 Å². The van der Waals surface area contributed by atoms with Crippen molar-refractivity contribution in [3.8, 4) is 5.69 Å². The molecule has 140 valence electrons. The van der Waals surface area contributed by atoms with Crippen molar-refractivity contribution in [3.05, 3.63) is 30.1 Å². The number of thioether (sulfide) groups is 1. The molecule has 1 aromatic carbocycles. The van der Waals surface area contributed by atoms with E-state index < -0.39 is 0 Å². The summed E-state index contributed by atoms with van der Waals surface area (Å²) in [4.78, 5) is 2.14. The molecule has 1 unspecified atom stereocenters. The van der Waals surface area contributed by atoms with Gasteiger partial charge in [-0.3, -0.25) is 4.57 Å². The van der Waals surface area contributed by atoms with Crippen LogP contribution >= 0.6 is 11.8 Å². The first-order chi connectivity index (χ1) is 12.8. The number of nitrogens with zero attached hydrogens (tertiary/aromatic N) is 4. The van der Waals surface area contributed by atoms with E-state index >= 15 is 0 Å². The van der Waals surface area contributed by atoms with E-state index in [4.69, 9.17) is 9.47 Å². The van der Waals surface area contributed by atoms with Crippen LogP contribution < -0.4 is 4.90 Å². The highest BCUT2D eigenvalue weighted by Crippen LogP contribution is 2.29. The van der Waals surface area contributed by atoms with Crippen LogP contribution in [0.25, 0.3) is 5.69 Å². The molecule has 0 saturated carbocycles. The molecule has 8 heteroatoms. The molecular formula is C18H23FN4O2S. The quantitative estimate of drug-likeness (QED) is 0.746. The maximum absolute atomic E-state index is 13.8. The number of rotatable bonds is 5. The molecule has 1 atom stereocenters. The van der Waals surface area contributed by atoms with E-state index in [-0.39, 0.29) is 11.9 Å². The molecule has 2 aliphatic heterocycles. The highest BCUT2D eigenvalue weighted by molar-refractivity contribution is 7.99. The van der Waals surface area contributed by atoms with Gasteiger partial charge in [0.2, 0.25) is 5.95 Å². The van der Waals surface area contributed by atoms with Crippen molar-refractivity contribution in [2.24, 2.45) is 0 Å². The molecule has 26 heavy (non-hydrogen) atoms. The van der Waals surface area contributed by atoms with Gasteiger partial charge in [-0.2, -0.15) is 0 Å². The van der Waals surface area contributed by atoms with Crippen molar-refractivity contribution in [1.82, 2.24) is 14.8 Å². The van der Waals surface area contributed by atoms with Crippen molar-refractivity contribution in [3.63, 3.8) is 0 Å². The first-order valence-corrected chi connectivity index (χ1v) is 10.1. The zero-order valence-corrected chi connectivity index (χ0v) is 15.5. The van der Waals surface area contributed by atoms with Gasteiger partial charge in [0.05, 0.1) is 25.0 Å². The average Bonchev–Trinajstić information content (AvgIpc) is 3.12. The summed E-state index contributed by atoms with van der Waals surface area (Å²) in [7, 11) is 0. The zero-order chi connectivity index (χ0) is 17.8. The number of morpholine rings is 1. The van der Waals surface area contributed by atoms with Gasteiger partial charge >= 0.3 is 0 Å². The fourth-order valence-corrected chi connectivity index (χ4v) is 4.28. The third kappa shape index (κ3) is 4.02. The van der Waals surface area contributed by atoms with Crippen molar-refractivity contribution in [2.75, 3.05) is 43.6 Å². The number of benzene rings is 1. The van der Waals surface area contributed by atoms with Crippen LogP contribution in [0.3, 0.4) is 0 Å². The summed E-state index contributed by atoms with van der Waals surface area (Å²) >= 11 is 1.62. The van der Waals surface area contributed by atoms with Crippen molar-refractivity contribution in [1.29, 1.82) is 0 Å². The van der Waals surface area contributed by atoms with Gasteiger partial charge in [-0.1, -0.05) is 17.8 Å². The maximum Gasteiger partial charge on any atom is 0.232 e. The van der Waals surface area contributed by atoms with E-state index in [1.807, 2.05) is 10.6 Å². The largest absolute Gasteiger partial charge is 0.378 e. The second kappa shape index (κ2) is 8.37. The molecule has 0 amide bonds. The standard InChI is InChI=1S/C18H23FN4O2S/c19-14-4-3-5-15(12-14)23-17(22-7-10-24-11-8-22)20-21-18(23)26-13-16-6-1-2-9-25-16/h3-5,12,16H,1-2,6-11,13H2. The zero-order valence-electron chi connectivity index (χ0n) is 14.6. The lowest BCUT2D eigenvalue weighted by molar-refractivity contribution is 0.0315. The van der Waals surface area contributed by atoms with Crippen LogP contribution in [0.1, 0.15) is 19.3 Å². The fraction of sp³-hybridized carbons (Fsp3) is 0.556. The lowest BCUT2D eigenvalue weighted by Gasteiger charge is -2.28. The molecule has 1 aromatic heterocycles. The molecule has 3 heterocycles. The predicted molar refractivity (Wildman–Crippen MR) is 98.7 cm³/mol. The summed E-state index contributed by atoms with van der Waals surface area (Å²) in [6.45, 7) is 3.66. The first-order valence-electron chi connectivity index (χ1n) is 9.10. The van der Waals surface area contributed by atoms with Crippen LogP contribution in [0.2, 0.25) is 0 Å². The van der Waals surface area contributed by atoms with Gasteiger partial charge in [0.1, 0.15) is 5.82 Å². The molecule has 6 nitrogen and oxygen atoms in total. The van der Waals surface area contributed by atoms with E-state index in [1.165, 1.54) is 18.6 Å². The second-order valence-corrected chi connectivity index (χ2v) is 7.48. The minimum absolute atomic E-state index is 0.248. The van der Waals surface area contributed by atoms with E-state index in [9.17, 15) is 4.39 Å². The van der Waals surface area contributed by atoms with Crippen LogP contribution in [-0.2, 0) is 9.47 Å². The molecule has 2 saturated heterocycles. The highest BCUT2D eigenvalue weighted by Gasteiger charge is 2.23. The van der Waals surface area contributed by atoms with Gasteiger partial charge < -0.3 is 14.4 Å². The third-order valence-electron chi connectivity index (χ3n) is 4.65. The van der Waals surface area contributed by atoms with Crippen LogP contribution in [-0.4, -0.2) is 59.5 Å². The van der Waals surface area contributed by atoms with Crippen LogP contribution in [0.5, 0.6) is 0 Å². The Morgan fingerprint density at radius 2 is 2.04 bits per heavy atom. The van der Waals surface area contributed by atoms with Crippen molar-refractivity contribution < 1.29 is 13.9 Å². The van der Waals surface area contributed by atoms with Crippen LogP contribution in [0, 0.1) is 5.82 Å². The molecule has 2 aromatic rings. The normalized spacial score (nSPS) is 21.1. The SMILES string of the molecule is Fc1cccc(-n2c(SCC3CCCCO3)nnc2N2CCOCC2)c1. The van der Waals surface area contributed by atoms with Gasteiger partial charge in [-0.25, -0.2) is 4.39 Å². The van der Waals surface area contributed by atoms with E-state index in [0.717, 1.165) is 55.1 Å². The second-order valence-electron chi connectivity index (χ2n) is 6.50. The fourth-order valence-electron chi connectivity index (χ4n) is 3.27. The van der Waals surface area contributed by atoms with E-state index in [2.05, 4.69) is 15.1 Å². The topological polar surface area (TPSA) is 52.4 Å². The summed E-state index contributed by atoms with van der Waals surface area (Å²) in [5.41, 5.74) is 0.739. The molecule has 2 aliphatic rings. The van der Waals surface area contributed by atoms with E-state index in [0.29, 0.717) is 13.2 Å². The Morgan fingerprint density at radius 3 is 2.81 bits per heavy atom. The summed E-state index contributed by atoms with van der Waals surface area (Å²) in [5, 5.41) is 9.58. The Morgan fingerprint density at radius 1 is 1.15 bits per heavy atom. The molecule has 0 aliphatic carbocycles. The lowest BCUT2D eigenvalue weighted by Crippen LogP contribution is -2.37. The molecule has 0 spiro atoms. The predicted octanol–water partition coefficient (Wildman–Crippen LogP) is 2.90. The third-order valence-corrected chi connectivity index (χ3v) is 5.71. The summed E-state index contributed by atoms with van der Waals surface area (Å²) in [5.74, 6) is 1.30. The smallest absolute Gasteiger partial charge is 0.232 e. The number of hydrogen-bond donors (Lipinski definition) is 0. The molecule has 4 rings (SSSR count). The molecule has 2 fully saturated rings. The van der Waals surface area contributed by atoms with Gasteiger partial charge in [0.15, 0.2) is 5.16 Å². The van der Waals surface area contributed by atoms with Gasteiger partial charge in [0.25, 0.3) is 0 Å². The number of ether oxygens (including phenoxy) is 2. The highest BCUT2D eigenvalue weighted by atomic mass is 32.2. The van der Waals surface area contributed by atoms with Gasteiger partial charge in [-0.15, -0.1) is 10.2 Å². The Balaban J connectivity index is 1.61. The number of halogens is 1. The summed E-state index contributed by atoms with van der Waals surface area (Å²) < 4.78 is 27.0. The number of anilines is 1. The monoisotopic (exact) mass is 378 g/mol. The molecular weight excluding hydrogens is 355 g/mol. The maximum atomic E-state index is 13.8. The Kier molecular flexibility index (Phi) is 5.72.